The monoisotopic (exact) mass is 127 g/mol. The first kappa shape index (κ1) is 9.00. The molecule has 1 radical (unpaired) electrons. The van der Waals surface area contributed by atoms with E-state index in [2.05, 4.69) is 27.7 Å². The van der Waals surface area contributed by atoms with Crippen molar-refractivity contribution in [3.05, 3.63) is 6.92 Å². The Labute approximate surface area is 59.7 Å². The smallest absolute Gasteiger partial charge is 0.0391 e. The number of rotatable bonds is 4. The van der Waals surface area contributed by atoms with Crippen LogP contribution in [0.3, 0.4) is 0 Å². The van der Waals surface area contributed by atoms with E-state index in [1.54, 1.807) is 0 Å². The van der Waals surface area contributed by atoms with E-state index in [9.17, 15) is 0 Å². The van der Waals surface area contributed by atoms with E-state index in [1.165, 1.54) is 12.8 Å². The van der Waals surface area contributed by atoms with Gasteiger partial charge in [-0.2, -0.15) is 0 Å². The molecule has 0 saturated carbocycles. The Morgan fingerprint density at radius 1 is 1.33 bits per heavy atom. The molecule has 0 amide bonds. The van der Waals surface area contributed by atoms with Gasteiger partial charge in [0.2, 0.25) is 0 Å². The molecule has 9 heavy (non-hydrogen) atoms. The molecule has 0 bridgehead atoms. The predicted octanol–water partition coefficient (Wildman–Crippen LogP) is 3.28. The maximum Gasteiger partial charge on any atom is -0.0391 e. The minimum absolute atomic E-state index is 0.822. The van der Waals surface area contributed by atoms with Gasteiger partial charge in [-0.05, 0) is 11.8 Å². The highest BCUT2D eigenvalue weighted by Crippen LogP contribution is 2.19. The van der Waals surface area contributed by atoms with Gasteiger partial charge in [0, 0.05) is 0 Å². The normalized spacial score (nSPS) is 14.3. The van der Waals surface area contributed by atoms with Crippen molar-refractivity contribution in [2.45, 2.75) is 40.0 Å². The standard InChI is InChI=1S/C9H19/c1-5-7-9(6-2)8(3)4/h8-9H,2,5-7H2,1,3-4H3. The zero-order chi connectivity index (χ0) is 7.28. The summed E-state index contributed by atoms with van der Waals surface area (Å²) >= 11 is 0. The second-order valence-electron chi connectivity index (χ2n) is 3.08. The molecule has 0 spiro atoms. The van der Waals surface area contributed by atoms with E-state index in [1.807, 2.05) is 0 Å². The van der Waals surface area contributed by atoms with Crippen LogP contribution in [0.15, 0.2) is 0 Å². The van der Waals surface area contributed by atoms with Crippen molar-refractivity contribution in [3.63, 3.8) is 0 Å². The second-order valence-corrected chi connectivity index (χ2v) is 3.08. The van der Waals surface area contributed by atoms with E-state index in [0.717, 1.165) is 18.3 Å². The average molecular weight is 127 g/mol. The Balaban J connectivity index is 3.41. The van der Waals surface area contributed by atoms with Crippen LogP contribution in [0.2, 0.25) is 0 Å². The van der Waals surface area contributed by atoms with E-state index in [-0.39, 0.29) is 0 Å². The van der Waals surface area contributed by atoms with Gasteiger partial charge in [0.25, 0.3) is 0 Å². The quantitative estimate of drug-likeness (QED) is 0.543. The van der Waals surface area contributed by atoms with Crippen LogP contribution >= 0.6 is 0 Å². The van der Waals surface area contributed by atoms with E-state index in [4.69, 9.17) is 0 Å². The van der Waals surface area contributed by atoms with Gasteiger partial charge in [-0.3, -0.25) is 0 Å². The van der Waals surface area contributed by atoms with Crippen molar-refractivity contribution in [2.24, 2.45) is 11.8 Å². The molecule has 0 aliphatic carbocycles. The van der Waals surface area contributed by atoms with Crippen LogP contribution < -0.4 is 0 Å². The molecule has 0 rings (SSSR count). The van der Waals surface area contributed by atoms with Crippen molar-refractivity contribution in [1.82, 2.24) is 0 Å². The van der Waals surface area contributed by atoms with Gasteiger partial charge in [-0.1, -0.05) is 47.0 Å². The van der Waals surface area contributed by atoms with E-state index >= 15 is 0 Å². The lowest BCUT2D eigenvalue weighted by Crippen LogP contribution is -2.06. The lowest BCUT2D eigenvalue weighted by Gasteiger charge is -2.17. The Morgan fingerprint density at radius 3 is 2.00 bits per heavy atom. The first-order valence-electron chi connectivity index (χ1n) is 4.01. The molecule has 0 nitrogen and oxygen atoms in total. The molecular weight excluding hydrogens is 108 g/mol. The topological polar surface area (TPSA) is 0 Å². The summed E-state index contributed by atoms with van der Waals surface area (Å²) in [7, 11) is 0. The highest BCUT2D eigenvalue weighted by molar-refractivity contribution is 4.62. The Morgan fingerprint density at radius 2 is 1.89 bits per heavy atom. The van der Waals surface area contributed by atoms with Crippen LogP contribution in [0.1, 0.15) is 40.0 Å². The van der Waals surface area contributed by atoms with Gasteiger partial charge < -0.3 is 0 Å². The second kappa shape index (κ2) is 4.84. The largest absolute Gasteiger partial charge is 0.0654 e. The average Bonchev–Trinajstić information content (AvgIpc) is 1.82. The van der Waals surface area contributed by atoms with Crippen LogP contribution in [0.5, 0.6) is 0 Å². The third-order valence-electron chi connectivity index (χ3n) is 1.97. The van der Waals surface area contributed by atoms with E-state index < -0.39 is 0 Å². The third-order valence-corrected chi connectivity index (χ3v) is 1.97. The summed E-state index contributed by atoms with van der Waals surface area (Å²) in [6, 6.07) is 0. The van der Waals surface area contributed by atoms with Gasteiger partial charge in [0.05, 0.1) is 0 Å². The van der Waals surface area contributed by atoms with Gasteiger partial charge >= 0.3 is 0 Å². The fraction of sp³-hybridized carbons (Fsp3) is 0.889. The molecule has 0 aromatic heterocycles. The summed E-state index contributed by atoms with van der Waals surface area (Å²) in [5.74, 6) is 1.68. The van der Waals surface area contributed by atoms with Gasteiger partial charge in [-0.15, -0.1) is 0 Å². The van der Waals surface area contributed by atoms with Crippen molar-refractivity contribution < 1.29 is 0 Å². The van der Waals surface area contributed by atoms with Gasteiger partial charge in [0.15, 0.2) is 0 Å². The lowest BCUT2D eigenvalue weighted by atomic mass is 9.89. The first-order valence-corrected chi connectivity index (χ1v) is 4.01. The van der Waals surface area contributed by atoms with Crippen LogP contribution in [0, 0.1) is 18.8 Å². The Bertz CT molecular complexity index is 55.1. The summed E-state index contributed by atoms with van der Waals surface area (Å²) < 4.78 is 0. The molecule has 0 heteroatoms. The fourth-order valence-electron chi connectivity index (χ4n) is 1.18. The maximum absolute atomic E-state index is 3.93. The zero-order valence-corrected chi connectivity index (χ0v) is 6.98. The molecule has 0 N–H and O–H groups in total. The van der Waals surface area contributed by atoms with Crippen molar-refractivity contribution in [3.8, 4) is 0 Å². The minimum atomic E-state index is 0.822. The highest BCUT2D eigenvalue weighted by atomic mass is 14.1. The molecule has 0 aliphatic heterocycles. The molecule has 1 atom stereocenters. The summed E-state index contributed by atoms with van der Waals surface area (Å²) in [6.07, 6.45) is 3.76. The maximum atomic E-state index is 3.93. The molecule has 0 aliphatic rings. The lowest BCUT2D eigenvalue weighted by molar-refractivity contribution is 0.359. The van der Waals surface area contributed by atoms with Crippen molar-refractivity contribution >= 4 is 0 Å². The first-order chi connectivity index (χ1) is 4.22. The molecular formula is C9H19. The Kier molecular flexibility index (Phi) is 4.84. The fourth-order valence-corrected chi connectivity index (χ4v) is 1.18. The Hall–Kier alpha value is 0. The number of hydrogen-bond donors (Lipinski definition) is 0. The third kappa shape index (κ3) is 3.56. The predicted molar refractivity (Wildman–Crippen MR) is 43.2 cm³/mol. The van der Waals surface area contributed by atoms with Crippen molar-refractivity contribution in [2.75, 3.05) is 0 Å². The minimum Gasteiger partial charge on any atom is -0.0654 e. The molecule has 1 unspecified atom stereocenters. The summed E-state index contributed by atoms with van der Waals surface area (Å²) in [4.78, 5) is 0. The van der Waals surface area contributed by atoms with Crippen LogP contribution in [0.4, 0.5) is 0 Å². The number of hydrogen-bond acceptors (Lipinski definition) is 0. The van der Waals surface area contributed by atoms with Crippen LogP contribution in [-0.4, -0.2) is 0 Å². The summed E-state index contributed by atoms with van der Waals surface area (Å²) in [5.41, 5.74) is 0. The zero-order valence-electron chi connectivity index (χ0n) is 6.98. The van der Waals surface area contributed by atoms with E-state index in [0.29, 0.717) is 0 Å². The molecule has 0 heterocycles. The van der Waals surface area contributed by atoms with Crippen LogP contribution in [0.25, 0.3) is 0 Å². The van der Waals surface area contributed by atoms with Gasteiger partial charge in [0.1, 0.15) is 0 Å². The van der Waals surface area contributed by atoms with Crippen molar-refractivity contribution in [1.29, 1.82) is 0 Å². The molecule has 0 aromatic rings. The molecule has 0 saturated heterocycles. The highest BCUT2D eigenvalue weighted by Gasteiger charge is 2.08. The summed E-state index contributed by atoms with van der Waals surface area (Å²) in [6.45, 7) is 10.7. The SMILES string of the molecule is [CH2]CC(CCC)C(C)C. The summed E-state index contributed by atoms with van der Waals surface area (Å²) in [5, 5.41) is 0. The molecule has 0 aromatic carbocycles. The molecule has 0 fully saturated rings. The molecule has 55 valence electrons. The van der Waals surface area contributed by atoms with Crippen LogP contribution in [-0.2, 0) is 0 Å². The van der Waals surface area contributed by atoms with Gasteiger partial charge in [-0.25, -0.2) is 0 Å².